The van der Waals surface area contributed by atoms with E-state index >= 15 is 0 Å². The highest BCUT2D eigenvalue weighted by atomic mass is 16.5. The molecule has 0 radical (unpaired) electrons. The number of carboxylic acids is 1. The molecule has 1 heterocycles. The number of rotatable bonds is 9. The molecule has 2 aliphatic rings. The Hall–Kier alpha value is -3.43. The first-order valence-corrected chi connectivity index (χ1v) is 11.2. The van der Waals surface area contributed by atoms with E-state index in [9.17, 15) is 19.5 Å². The topological polar surface area (TPSA) is 114 Å². The van der Waals surface area contributed by atoms with Gasteiger partial charge in [-0.25, -0.2) is 9.59 Å². The molecule has 2 N–H and O–H groups in total. The molecule has 9 nitrogen and oxygen atoms in total. The molecule has 1 unspecified atom stereocenters. The van der Waals surface area contributed by atoms with E-state index in [1.807, 2.05) is 24.3 Å². The van der Waals surface area contributed by atoms with Gasteiger partial charge in [-0.1, -0.05) is 48.5 Å². The Balaban J connectivity index is 1.19. The second-order valence-corrected chi connectivity index (χ2v) is 8.40. The molecule has 1 aliphatic carbocycles. The number of likely N-dealkylation sites (N-methyl/N-ethyl adjacent to an activating group) is 1. The number of benzene rings is 2. The molecule has 0 aromatic heterocycles. The van der Waals surface area contributed by atoms with Gasteiger partial charge in [0.25, 0.3) is 0 Å². The summed E-state index contributed by atoms with van der Waals surface area (Å²) in [5.74, 6) is -1.59. The standard InChI is InChI=1S/C25H28N2O7/c1-27(25(23(29)30)10-12-33-16-25)22(28)15-32-13-11-26-24(31)34-14-21-19-8-4-2-6-17(19)18-7-3-5-9-20(18)21/h2-9,21H,10-16H2,1H3,(H,26,31)(H,29,30). The Morgan fingerprint density at radius 2 is 1.76 bits per heavy atom. The van der Waals surface area contributed by atoms with Crippen LogP contribution in [0.1, 0.15) is 23.5 Å². The van der Waals surface area contributed by atoms with Crippen LogP contribution in [0.15, 0.2) is 48.5 Å². The molecule has 0 bridgehead atoms. The normalized spacial score (nSPS) is 18.7. The lowest BCUT2D eigenvalue weighted by Crippen LogP contribution is -2.56. The first kappa shape index (κ1) is 23.7. The lowest BCUT2D eigenvalue weighted by Gasteiger charge is -2.33. The van der Waals surface area contributed by atoms with E-state index in [0.717, 1.165) is 22.3 Å². The number of carbonyl (C=O) groups excluding carboxylic acids is 2. The van der Waals surface area contributed by atoms with Gasteiger partial charge in [-0.2, -0.15) is 0 Å². The zero-order valence-electron chi connectivity index (χ0n) is 19.0. The fraction of sp³-hybridized carbons (Fsp3) is 0.400. The van der Waals surface area contributed by atoms with Crippen LogP contribution >= 0.6 is 0 Å². The number of fused-ring (bicyclic) bond motifs is 3. The predicted molar refractivity (Wildman–Crippen MR) is 122 cm³/mol. The maximum atomic E-state index is 12.4. The third kappa shape index (κ3) is 4.62. The maximum absolute atomic E-state index is 12.4. The molecule has 34 heavy (non-hydrogen) atoms. The Bertz CT molecular complexity index is 1020. The number of carboxylic acid groups (broad SMARTS) is 1. The van der Waals surface area contributed by atoms with Crippen LogP contribution in [0.5, 0.6) is 0 Å². The summed E-state index contributed by atoms with van der Waals surface area (Å²) >= 11 is 0. The summed E-state index contributed by atoms with van der Waals surface area (Å²) in [5.41, 5.74) is 3.22. The van der Waals surface area contributed by atoms with Gasteiger partial charge in [-0.15, -0.1) is 0 Å². The number of amides is 2. The van der Waals surface area contributed by atoms with Crippen LogP contribution in [0.2, 0.25) is 0 Å². The van der Waals surface area contributed by atoms with Crippen molar-refractivity contribution in [3.05, 3.63) is 59.7 Å². The number of carbonyl (C=O) groups is 3. The molecule has 0 spiro atoms. The summed E-state index contributed by atoms with van der Waals surface area (Å²) in [4.78, 5) is 37.3. The average Bonchev–Trinajstić information content (AvgIpc) is 3.46. The summed E-state index contributed by atoms with van der Waals surface area (Å²) in [6.07, 6.45) is -0.338. The minimum absolute atomic E-state index is 0.0244. The summed E-state index contributed by atoms with van der Waals surface area (Å²) in [5, 5.41) is 12.1. The lowest BCUT2D eigenvalue weighted by molar-refractivity contribution is -0.159. The number of nitrogens with one attached hydrogen (secondary N) is 1. The number of alkyl carbamates (subject to hydrolysis) is 1. The van der Waals surface area contributed by atoms with Crippen LogP contribution in [0, 0.1) is 0 Å². The minimum Gasteiger partial charge on any atom is -0.479 e. The highest BCUT2D eigenvalue weighted by molar-refractivity contribution is 5.88. The second kappa shape index (κ2) is 10.2. The molecule has 2 aromatic carbocycles. The largest absolute Gasteiger partial charge is 0.479 e. The van der Waals surface area contributed by atoms with Crippen LogP contribution in [0.3, 0.4) is 0 Å². The van der Waals surface area contributed by atoms with E-state index in [4.69, 9.17) is 14.2 Å². The highest BCUT2D eigenvalue weighted by Gasteiger charge is 2.48. The molecule has 2 amide bonds. The second-order valence-electron chi connectivity index (χ2n) is 8.40. The summed E-state index contributed by atoms with van der Waals surface area (Å²) < 4.78 is 16.0. The van der Waals surface area contributed by atoms with Crippen molar-refractivity contribution in [3.8, 4) is 11.1 Å². The van der Waals surface area contributed by atoms with Crippen molar-refractivity contribution >= 4 is 18.0 Å². The van der Waals surface area contributed by atoms with Gasteiger partial charge in [0.1, 0.15) is 13.2 Å². The zero-order chi connectivity index (χ0) is 24.1. The molecule has 1 aliphatic heterocycles. The van der Waals surface area contributed by atoms with Crippen molar-refractivity contribution < 1.29 is 33.7 Å². The van der Waals surface area contributed by atoms with Crippen LogP contribution in [-0.2, 0) is 23.8 Å². The van der Waals surface area contributed by atoms with E-state index in [0.29, 0.717) is 0 Å². The molecular weight excluding hydrogens is 440 g/mol. The predicted octanol–water partition coefficient (Wildman–Crippen LogP) is 2.24. The van der Waals surface area contributed by atoms with E-state index in [1.54, 1.807) is 0 Å². The highest BCUT2D eigenvalue weighted by Crippen LogP contribution is 2.44. The molecule has 9 heteroatoms. The van der Waals surface area contributed by atoms with Crippen molar-refractivity contribution in [2.24, 2.45) is 0 Å². The number of hydrogen-bond donors (Lipinski definition) is 2. The quantitative estimate of drug-likeness (QED) is 0.543. The van der Waals surface area contributed by atoms with Gasteiger partial charge in [-0.05, 0) is 22.3 Å². The summed E-state index contributed by atoms with van der Waals surface area (Å²) in [6.45, 7) is 0.394. The molecule has 1 saturated heterocycles. The van der Waals surface area contributed by atoms with Crippen LogP contribution in [0.25, 0.3) is 11.1 Å². The maximum Gasteiger partial charge on any atom is 0.407 e. The van der Waals surface area contributed by atoms with Crippen molar-refractivity contribution in [1.82, 2.24) is 10.2 Å². The fourth-order valence-electron chi connectivity index (χ4n) is 4.50. The van der Waals surface area contributed by atoms with Crippen LogP contribution in [-0.4, -0.2) is 80.1 Å². The van der Waals surface area contributed by atoms with E-state index in [2.05, 4.69) is 29.6 Å². The molecule has 2 aromatic rings. The summed E-state index contributed by atoms with van der Waals surface area (Å²) in [7, 11) is 1.43. The van der Waals surface area contributed by atoms with Gasteiger partial charge in [0, 0.05) is 32.5 Å². The van der Waals surface area contributed by atoms with Gasteiger partial charge in [0.05, 0.1) is 13.2 Å². The average molecular weight is 469 g/mol. The van der Waals surface area contributed by atoms with E-state index in [1.165, 1.54) is 11.9 Å². The first-order valence-electron chi connectivity index (χ1n) is 11.2. The fourth-order valence-corrected chi connectivity index (χ4v) is 4.50. The summed E-state index contributed by atoms with van der Waals surface area (Å²) in [6, 6.07) is 16.2. The van der Waals surface area contributed by atoms with Gasteiger partial charge in [0.2, 0.25) is 5.91 Å². The minimum atomic E-state index is -1.36. The lowest BCUT2D eigenvalue weighted by atomic mass is 9.97. The molecule has 1 atom stereocenters. The van der Waals surface area contributed by atoms with Crippen molar-refractivity contribution in [3.63, 3.8) is 0 Å². The van der Waals surface area contributed by atoms with Crippen molar-refractivity contribution in [2.45, 2.75) is 17.9 Å². The van der Waals surface area contributed by atoms with Gasteiger partial charge in [-0.3, -0.25) is 4.79 Å². The first-order chi connectivity index (χ1) is 16.4. The van der Waals surface area contributed by atoms with Gasteiger partial charge < -0.3 is 29.5 Å². The third-order valence-electron chi connectivity index (χ3n) is 6.50. The van der Waals surface area contributed by atoms with Gasteiger partial charge >= 0.3 is 12.1 Å². The third-order valence-corrected chi connectivity index (χ3v) is 6.50. The Labute approximate surface area is 197 Å². The monoisotopic (exact) mass is 468 g/mol. The molecular formula is C25H28N2O7. The van der Waals surface area contributed by atoms with Crippen molar-refractivity contribution in [2.75, 3.05) is 46.6 Å². The van der Waals surface area contributed by atoms with E-state index in [-0.39, 0.29) is 51.9 Å². The zero-order valence-corrected chi connectivity index (χ0v) is 19.0. The molecule has 1 fully saturated rings. The smallest absolute Gasteiger partial charge is 0.407 e. The van der Waals surface area contributed by atoms with Crippen LogP contribution in [0.4, 0.5) is 4.79 Å². The molecule has 0 saturated carbocycles. The van der Waals surface area contributed by atoms with Crippen molar-refractivity contribution in [1.29, 1.82) is 0 Å². The Morgan fingerprint density at radius 1 is 1.12 bits per heavy atom. The molecule has 180 valence electrons. The number of aliphatic carboxylic acids is 1. The number of ether oxygens (including phenoxy) is 3. The Kier molecular flexibility index (Phi) is 7.14. The number of nitrogens with zero attached hydrogens (tertiary/aromatic N) is 1. The van der Waals surface area contributed by atoms with Crippen LogP contribution < -0.4 is 5.32 Å². The Morgan fingerprint density at radius 3 is 2.35 bits per heavy atom. The number of hydrogen-bond acceptors (Lipinski definition) is 6. The van der Waals surface area contributed by atoms with Gasteiger partial charge in [0.15, 0.2) is 5.54 Å². The van der Waals surface area contributed by atoms with E-state index < -0.39 is 23.5 Å². The molecule has 4 rings (SSSR count). The SMILES string of the molecule is CN(C(=O)COCCNC(=O)OCC1c2ccccc2-c2ccccc21)C1(C(=O)O)CCOC1.